The van der Waals surface area contributed by atoms with Gasteiger partial charge in [-0.25, -0.2) is 4.98 Å². The van der Waals surface area contributed by atoms with Crippen LogP contribution in [0.5, 0.6) is 0 Å². The molecule has 2 atom stereocenters. The highest BCUT2D eigenvalue weighted by atomic mass is 19.4. The van der Waals surface area contributed by atoms with Gasteiger partial charge in [0.05, 0.1) is 12.1 Å². The fraction of sp³-hybridized carbons (Fsp3) is 0.476. The molecule has 1 aromatic carbocycles. The summed E-state index contributed by atoms with van der Waals surface area (Å²) in [5, 5.41) is 2.77. The van der Waals surface area contributed by atoms with E-state index in [9.17, 15) is 22.8 Å². The largest absolute Gasteiger partial charge is 0.446 e. The number of hydrogen-bond donors (Lipinski definition) is 1. The molecule has 30 heavy (non-hydrogen) atoms. The minimum absolute atomic E-state index is 0.0308. The summed E-state index contributed by atoms with van der Waals surface area (Å²) in [5.41, 5.74) is -0.884. The molecule has 2 rings (SSSR count). The number of rotatable bonds is 8. The Morgan fingerprint density at radius 1 is 1.20 bits per heavy atom. The van der Waals surface area contributed by atoms with Crippen LogP contribution in [0.15, 0.2) is 34.9 Å². The smallest absolute Gasteiger partial charge is 0.416 e. The van der Waals surface area contributed by atoms with E-state index in [1.807, 2.05) is 20.8 Å². The summed E-state index contributed by atoms with van der Waals surface area (Å²) in [4.78, 5) is 30.7. The molecular weight excluding hydrogens is 399 g/mol. The minimum atomic E-state index is -4.54. The van der Waals surface area contributed by atoms with Crippen LogP contribution >= 0.6 is 0 Å². The maximum atomic E-state index is 13.0. The quantitative estimate of drug-likeness (QED) is 0.667. The van der Waals surface area contributed by atoms with Gasteiger partial charge in [-0.05, 0) is 44.9 Å². The Hall–Kier alpha value is -2.84. The molecule has 2 amide bonds. The Labute approximate surface area is 173 Å². The standard InChI is InChI=1S/C21H26F3N3O3/c1-5-13(3)25-19(28)17-12-30-18(26-17)11-27(14(4)6-2)20(29)15-8-7-9-16(10-15)21(22,23)24/h7-10,12-14H,5-6,11H2,1-4H3,(H,25,28)/t13-,14+/m1/s1. The second kappa shape index (κ2) is 9.77. The van der Waals surface area contributed by atoms with Crippen molar-refractivity contribution in [3.05, 3.63) is 53.2 Å². The lowest BCUT2D eigenvalue weighted by molar-refractivity contribution is -0.137. The van der Waals surface area contributed by atoms with Crippen molar-refractivity contribution in [1.82, 2.24) is 15.2 Å². The second-order valence-corrected chi connectivity index (χ2v) is 7.18. The number of nitrogens with one attached hydrogen (secondary N) is 1. The summed E-state index contributed by atoms with van der Waals surface area (Å²) in [6.45, 7) is 7.36. The second-order valence-electron chi connectivity index (χ2n) is 7.18. The molecule has 1 aromatic heterocycles. The van der Waals surface area contributed by atoms with Crippen LogP contribution in [-0.4, -0.2) is 33.8 Å². The van der Waals surface area contributed by atoms with Crippen molar-refractivity contribution >= 4 is 11.8 Å². The van der Waals surface area contributed by atoms with Crippen molar-refractivity contribution in [1.29, 1.82) is 0 Å². The van der Waals surface area contributed by atoms with Crippen LogP contribution < -0.4 is 5.32 Å². The first-order valence-electron chi connectivity index (χ1n) is 9.80. The van der Waals surface area contributed by atoms with Crippen molar-refractivity contribution in [2.24, 2.45) is 0 Å². The molecule has 0 spiro atoms. The molecule has 0 unspecified atom stereocenters. The molecule has 9 heteroatoms. The van der Waals surface area contributed by atoms with Crippen molar-refractivity contribution in [2.75, 3.05) is 0 Å². The van der Waals surface area contributed by atoms with Gasteiger partial charge in [-0.15, -0.1) is 0 Å². The minimum Gasteiger partial charge on any atom is -0.446 e. The molecule has 0 saturated carbocycles. The Balaban J connectivity index is 2.23. The Morgan fingerprint density at radius 3 is 2.50 bits per heavy atom. The van der Waals surface area contributed by atoms with E-state index in [1.165, 1.54) is 23.3 Å². The number of hydrogen-bond acceptors (Lipinski definition) is 4. The summed E-state index contributed by atoms with van der Waals surface area (Å²) < 4.78 is 44.4. The van der Waals surface area contributed by atoms with Crippen LogP contribution in [0.1, 0.15) is 72.8 Å². The van der Waals surface area contributed by atoms with Gasteiger partial charge in [0.2, 0.25) is 5.89 Å². The first-order valence-corrected chi connectivity index (χ1v) is 9.80. The number of amides is 2. The molecule has 0 aliphatic rings. The van der Waals surface area contributed by atoms with Crippen LogP contribution in [0.2, 0.25) is 0 Å². The van der Waals surface area contributed by atoms with Crippen molar-refractivity contribution in [2.45, 2.75) is 65.3 Å². The van der Waals surface area contributed by atoms with Gasteiger partial charge in [0, 0.05) is 17.6 Å². The molecular formula is C21H26F3N3O3. The summed E-state index contributed by atoms with van der Waals surface area (Å²) in [5.74, 6) is -0.831. The Bertz CT molecular complexity index is 880. The number of oxazole rings is 1. The number of halogens is 3. The zero-order valence-corrected chi connectivity index (χ0v) is 17.4. The van der Waals surface area contributed by atoms with Crippen LogP contribution in [0.25, 0.3) is 0 Å². The maximum Gasteiger partial charge on any atom is 0.416 e. The predicted octanol–water partition coefficient (Wildman–Crippen LogP) is 4.66. The van der Waals surface area contributed by atoms with Gasteiger partial charge in [-0.2, -0.15) is 13.2 Å². The highest BCUT2D eigenvalue weighted by Crippen LogP contribution is 2.30. The summed E-state index contributed by atoms with van der Waals surface area (Å²) in [6, 6.07) is 3.98. The van der Waals surface area contributed by atoms with Gasteiger partial charge in [-0.3, -0.25) is 9.59 Å². The number of nitrogens with zero attached hydrogens (tertiary/aromatic N) is 2. The van der Waals surface area contributed by atoms with Crippen LogP contribution in [0.4, 0.5) is 13.2 Å². The maximum absolute atomic E-state index is 13.0. The molecule has 0 radical (unpaired) electrons. The van der Waals surface area contributed by atoms with Gasteiger partial charge in [-0.1, -0.05) is 19.9 Å². The third kappa shape index (κ3) is 5.84. The number of aromatic nitrogens is 1. The lowest BCUT2D eigenvalue weighted by Gasteiger charge is -2.27. The Kier molecular flexibility index (Phi) is 7.64. The van der Waals surface area contributed by atoms with Gasteiger partial charge < -0.3 is 14.6 Å². The van der Waals surface area contributed by atoms with E-state index in [4.69, 9.17) is 4.42 Å². The molecule has 2 aromatic rings. The lowest BCUT2D eigenvalue weighted by Crippen LogP contribution is -2.38. The third-order valence-corrected chi connectivity index (χ3v) is 4.90. The highest BCUT2D eigenvalue weighted by molar-refractivity contribution is 5.94. The van der Waals surface area contributed by atoms with E-state index >= 15 is 0 Å². The van der Waals surface area contributed by atoms with E-state index in [2.05, 4.69) is 10.3 Å². The van der Waals surface area contributed by atoms with Crippen molar-refractivity contribution in [3.63, 3.8) is 0 Å². The van der Waals surface area contributed by atoms with E-state index in [-0.39, 0.29) is 35.8 Å². The van der Waals surface area contributed by atoms with Crippen LogP contribution in [0, 0.1) is 0 Å². The van der Waals surface area contributed by atoms with Crippen LogP contribution in [-0.2, 0) is 12.7 Å². The van der Waals surface area contributed by atoms with Gasteiger partial charge in [0.15, 0.2) is 5.69 Å². The first kappa shape index (κ1) is 23.4. The van der Waals surface area contributed by atoms with Crippen LogP contribution in [0.3, 0.4) is 0 Å². The topological polar surface area (TPSA) is 75.4 Å². The molecule has 0 bridgehead atoms. The molecule has 1 heterocycles. The average Bonchev–Trinajstić information content (AvgIpc) is 3.19. The number of benzene rings is 1. The van der Waals surface area contributed by atoms with Gasteiger partial charge in [0.1, 0.15) is 6.26 Å². The van der Waals surface area contributed by atoms with Gasteiger partial charge in [0.25, 0.3) is 11.8 Å². The zero-order chi connectivity index (χ0) is 22.5. The molecule has 0 aliphatic carbocycles. The van der Waals surface area contributed by atoms with Crippen molar-refractivity contribution < 1.29 is 27.2 Å². The fourth-order valence-corrected chi connectivity index (χ4v) is 2.68. The molecule has 0 fully saturated rings. The zero-order valence-electron chi connectivity index (χ0n) is 17.4. The summed E-state index contributed by atoms with van der Waals surface area (Å²) in [6.07, 6.45) is -2.01. The van der Waals surface area contributed by atoms with Gasteiger partial charge >= 0.3 is 6.18 Å². The number of carbonyl (C=O) groups is 2. The molecule has 1 N–H and O–H groups in total. The normalized spacial score (nSPS) is 13.6. The average molecular weight is 425 g/mol. The summed E-state index contributed by atoms with van der Waals surface area (Å²) in [7, 11) is 0. The first-order chi connectivity index (χ1) is 14.1. The van der Waals surface area contributed by atoms with E-state index in [1.54, 1.807) is 6.92 Å². The molecule has 0 aliphatic heterocycles. The van der Waals surface area contributed by atoms with E-state index < -0.39 is 23.6 Å². The number of alkyl halides is 3. The fourth-order valence-electron chi connectivity index (χ4n) is 2.68. The SMILES string of the molecule is CC[C@@H](C)NC(=O)c1coc(CN(C(=O)c2cccc(C(F)(F)F)c2)[C@@H](C)CC)n1. The third-order valence-electron chi connectivity index (χ3n) is 4.90. The van der Waals surface area contributed by atoms with E-state index in [0.717, 1.165) is 18.6 Å². The van der Waals surface area contributed by atoms with Crippen molar-refractivity contribution in [3.8, 4) is 0 Å². The highest BCUT2D eigenvalue weighted by Gasteiger charge is 2.32. The number of carbonyl (C=O) groups excluding carboxylic acids is 2. The summed E-state index contributed by atoms with van der Waals surface area (Å²) >= 11 is 0. The Morgan fingerprint density at radius 2 is 1.90 bits per heavy atom. The lowest BCUT2D eigenvalue weighted by atomic mass is 10.1. The predicted molar refractivity (Wildman–Crippen MR) is 105 cm³/mol. The molecule has 0 saturated heterocycles. The molecule has 6 nitrogen and oxygen atoms in total. The molecule has 164 valence electrons. The monoisotopic (exact) mass is 425 g/mol. The van der Waals surface area contributed by atoms with E-state index in [0.29, 0.717) is 6.42 Å².